The van der Waals surface area contributed by atoms with Crippen LogP contribution in [-0.2, 0) is 28.5 Å². The molecule has 0 radical (unpaired) electrons. The molecule has 4 saturated heterocycles. The van der Waals surface area contributed by atoms with E-state index >= 15 is 0 Å². The van der Waals surface area contributed by atoms with Crippen LogP contribution in [0.15, 0.2) is 0 Å². The molecule has 6 aliphatic rings. The highest BCUT2D eigenvalue weighted by molar-refractivity contribution is 5.88. The van der Waals surface area contributed by atoms with Crippen LogP contribution in [0.1, 0.15) is 57.8 Å². The number of rotatable bonds is 1. The first-order valence-corrected chi connectivity index (χ1v) is 10.5. The minimum Gasteiger partial charge on any atom is -0.454 e. The van der Waals surface area contributed by atoms with E-state index in [1.165, 1.54) is 6.42 Å². The van der Waals surface area contributed by atoms with Gasteiger partial charge in [0, 0.05) is 37.9 Å². The quantitative estimate of drug-likeness (QED) is 0.666. The van der Waals surface area contributed by atoms with E-state index < -0.39 is 23.1 Å². The summed E-state index contributed by atoms with van der Waals surface area (Å²) < 4.78 is 31.2. The summed E-state index contributed by atoms with van der Waals surface area (Å²) in [4.78, 5) is 13.1. The molecule has 0 N–H and O–H groups in total. The molecule has 144 valence electrons. The van der Waals surface area contributed by atoms with Crippen LogP contribution in [0.2, 0.25) is 0 Å². The Balaban J connectivity index is 1.34. The predicted octanol–water partition coefficient (Wildman–Crippen LogP) is 2.33. The maximum atomic E-state index is 13.1. The lowest BCUT2D eigenvalue weighted by molar-refractivity contribution is -0.351. The molecule has 0 bridgehead atoms. The van der Waals surface area contributed by atoms with Crippen molar-refractivity contribution in [1.82, 2.24) is 0 Å². The standard InChI is InChI=1S/C20H28O6/c21-17-20-14(7-5-11-23-20)13-6-4-10-22-19(13,20)16(25-17)15-12-24-18(26-15)8-2-1-3-9-18/h13-16H,1-12H2/t13-,14+,15+,16-,19+,20-/m1/s1. The summed E-state index contributed by atoms with van der Waals surface area (Å²) in [6.07, 6.45) is 8.91. The molecule has 6 atom stereocenters. The first-order valence-electron chi connectivity index (χ1n) is 10.5. The Hall–Kier alpha value is -0.690. The summed E-state index contributed by atoms with van der Waals surface area (Å²) >= 11 is 0. The lowest BCUT2D eigenvalue weighted by Crippen LogP contribution is -2.82. The summed E-state index contributed by atoms with van der Waals surface area (Å²) in [5.74, 6) is -0.124. The van der Waals surface area contributed by atoms with Crippen LogP contribution in [0, 0.1) is 11.8 Å². The lowest BCUT2D eigenvalue weighted by atomic mass is 9.45. The Morgan fingerprint density at radius 3 is 2.46 bits per heavy atom. The van der Waals surface area contributed by atoms with Crippen molar-refractivity contribution in [3.63, 3.8) is 0 Å². The fourth-order valence-corrected chi connectivity index (χ4v) is 6.98. The van der Waals surface area contributed by atoms with Gasteiger partial charge in [-0.2, -0.15) is 0 Å². The van der Waals surface area contributed by atoms with Crippen molar-refractivity contribution in [3.05, 3.63) is 0 Å². The molecular weight excluding hydrogens is 336 g/mol. The number of hydrogen-bond acceptors (Lipinski definition) is 6. The first kappa shape index (κ1) is 16.3. The van der Waals surface area contributed by atoms with Crippen LogP contribution < -0.4 is 0 Å². The number of ether oxygens (including phenoxy) is 5. The maximum Gasteiger partial charge on any atom is 0.342 e. The summed E-state index contributed by atoms with van der Waals surface area (Å²) in [5.41, 5.74) is -1.56. The smallest absolute Gasteiger partial charge is 0.342 e. The summed E-state index contributed by atoms with van der Waals surface area (Å²) in [6, 6.07) is 0. The van der Waals surface area contributed by atoms with Crippen LogP contribution in [0.25, 0.3) is 0 Å². The number of carbonyl (C=O) groups excluding carboxylic acids is 1. The highest BCUT2D eigenvalue weighted by Crippen LogP contribution is 2.69. The Kier molecular flexibility index (Phi) is 3.40. The van der Waals surface area contributed by atoms with Crippen molar-refractivity contribution in [3.8, 4) is 0 Å². The Morgan fingerprint density at radius 1 is 0.846 bits per heavy atom. The largest absolute Gasteiger partial charge is 0.454 e. The number of esters is 1. The molecule has 6 rings (SSSR count). The summed E-state index contributed by atoms with van der Waals surface area (Å²) in [7, 11) is 0. The molecule has 2 saturated carbocycles. The van der Waals surface area contributed by atoms with Gasteiger partial charge in [0.1, 0.15) is 6.10 Å². The second kappa shape index (κ2) is 5.43. The first-order chi connectivity index (χ1) is 12.7. The summed E-state index contributed by atoms with van der Waals surface area (Å²) in [6.45, 7) is 1.76. The van der Waals surface area contributed by atoms with Gasteiger partial charge in [0.25, 0.3) is 0 Å². The average molecular weight is 364 g/mol. The minimum atomic E-state index is -0.896. The van der Waals surface area contributed by atoms with Gasteiger partial charge < -0.3 is 23.7 Å². The molecule has 6 heteroatoms. The number of carbonyl (C=O) groups is 1. The predicted molar refractivity (Wildman–Crippen MR) is 89.3 cm³/mol. The highest BCUT2D eigenvalue weighted by Gasteiger charge is 2.87. The number of fused-ring (bicyclic) bond motifs is 1. The van der Waals surface area contributed by atoms with Crippen LogP contribution in [0.3, 0.4) is 0 Å². The zero-order chi connectivity index (χ0) is 17.4. The topological polar surface area (TPSA) is 63.2 Å². The van der Waals surface area contributed by atoms with E-state index in [4.69, 9.17) is 23.7 Å². The van der Waals surface area contributed by atoms with Gasteiger partial charge in [0.05, 0.1) is 6.61 Å². The third kappa shape index (κ3) is 1.75. The van der Waals surface area contributed by atoms with E-state index in [0.29, 0.717) is 25.7 Å². The molecule has 2 aliphatic carbocycles. The minimum absolute atomic E-state index is 0.224. The van der Waals surface area contributed by atoms with Gasteiger partial charge in [-0.1, -0.05) is 6.42 Å². The van der Waals surface area contributed by atoms with Crippen molar-refractivity contribution in [2.24, 2.45) is 11.8 Å². The average Bonchev–Trinajstić information content (AvgIpc) is 3.13. The molecule has 26 heavy (non-hydrogen) atoms. The fourth-order valence-electron chi connectivity index (χ4n) is 6.98. The molecule has 0 unspecified atom stereocenters. The second-order valence-electron chi connectivity index (χ2n) is 8.99. The fraction of sp³-hybridized carbons (Fsp3) is 0.950. The van der Waals surface area contributed by atoms with Crippen LogP contribution in [-0.4, -0.2) is 55.0 Å². The molecule has 6 fully saturated rings. The summed E-state index contributed by atoms with van der Waals surface area (Å²) in [5, 5.41) is 0. The van der Waals surface area contributed by atoms with Gasteiger partial charge >= 0.3 is 5.97 Å². The molecule has 0 amide bonds. The monoisotopic (exact) mass is 364 g/mol. The highest BCUT2D eigenvalue weighted by atomic mass is 16.8. The lowest BCUT2D eigenvalue weighted by Gasteiger charge is -2.66. The second-order valence-corrected chi connectivity index (χ2v) is 8.99. The van der Waals surface area contributed by atoms with Crippen molar-refractivity contribution in [2.75, 3.05) is 19.8 Å². The van der Waals surface area contributed by atoms with Gasteiger partial charge in [0.15, 0.2) is 17.5 Å². The molecule has 4 aliphatic heterocycles. The van der Waals surface area contributed by atoms with E-state index in [2.05, 4.69) is 0 Å². The normalized spacial score (nSPS) is 51.9. The van der Waals surface area contributed by atoms with Gasteiger partial charge in [-0.25, -0.2) is 4.79 Å². The maximum absolute atomic E-state index is 13.1. The molecular formula is C20H28O6. The SMILES string of the molecule is O=C1O[C@H]([C@@H]2COC3(CCCCC3)O2)[C@@]23OCCC[C@@H]2[C@@H]2CCCO[C@@]123. The molecule has 0 aromatic rings. The van der Waals surface area contributed by atoms with E-state index in [-0.39, 0.29) is 18.0 Å². The molecule has 6 nitrogen and oxygen atoms in total. The molecule has 0 aromatic carbocycles. The number of cyclic esters (lactones) is 1. The number of hydrogen-bond donors (Lipinski definition) is 0. The zero-order valence-corrected chi connectivity index (χ0v) is 15.2. The van der Waals surface area contributed by atoms with Crippen LogP contribution >= 0.6 is 0 Å². The Morgan fingerprint density at radius 2 is 1.62 bits per heavy atom. The molecule has 3 spiro atoms. The Bertz CT molecular complexity index is 615. The van der Waals surface area contributed by atoms with Gasteiger partial charge in [-0.3, -0.25) is 0 Å². The van der Waals surface area contributed by atoms with Gasteiger partial charge in [-0.15, -0.1) is 0 Å². The van der Waals surface area contributed by atoms with Crippen molar-refractivity contribution in [2.45, 2.75) is 87.0 Å². The van der Waals surface area contributed by atoms with E-state index in [9.17, 15) is 4.79 Å². The molecule has 0 aromatic heterocycles. The molecule has 4 heterocycles. The zero-order valence-electron chi connectivity index (χ0n) is 15.2. The van der Waals surface area contributed by atoms with Crippen LogP contribution in [0.4, 0.5) is 0 Å². The third-order valence-corrected chi connectivity index (χ3v) is 7.92. The van der Waals surface area contributed by atoms with Crippen molar-refractivity contribution < 1.29 is 28.5 Å². The Labute approximate surface area is 153 Å². The van der Waals surface area contributed by atoms with E-state index in [0.717, 1.165) is 51.4 Å². The van der Waals surface area contributed by atoms with E-state index in [1.54, 1.807) is 0 Å². The van der Waals surface area contributed by atoms with Crippen molar-refractivity contribution >= 4 is 5.97 Å². The van der Waals surface area contributed by atoms with Crippen molar-refractivity contribution in [1.29, 1.82) is 0 Å². The van der Waals surface area contributed by atoms with Gasteiger partial charge in [0.2, 0.25) is 5.60 Å². The van der Waals surface area contributed by atoms with Gasteiger partial charge in [-0.05, 0) is 38.5 Å². The van der Waals surface area contributed by atoms with E-state index in [1.807, 2.05) is 0 Å². The third-order valence-electron chi connectivity index (χ3n) is 7.92. The van der Waals surface area contributed by atoms with Crippen LogP contribution in [0.5, 0.6) is 0 Å².